The maximum Gasteiger partial charge on any atom is 0.333 e. The Bertz CT molecular complexity index is 172. The summed E-state index contributed by atoms with van der Waals surface area (Å²) in [4.78, 5) is 12.3. The van der Waals surface area contributed by atoms with Crippen LogP contribution < -0.4 is 0 Å². The number of carbonyl (C=O) groups is 1. The fourth-order valence-corrected chi connectivity index (χ4v) is 1.56. The van der Waals surface area contributed by atoms with Crippen molar-refractivity contribution >= 4 is 5.97 Å². The number of aliphatic hydroxyl groups is 1. The Morgan fingerprint density at radius 3 is 2.83 bits per heavy atom. The Balaban J connectivity index is 2.35. The van der Waals surface area contributed by atoms with Gasteiger partial charge in [-0.15, -0.1) is 0 Å². The molecule has 0 aromatic rings. The fraction of sp³-hybridized carbons (Fsp3) is 0.875. The van der Waals surface area contributed by atoms with Gasteiger partial charge in [0.15, 0.2) is 6.10 Å². The van der Waals surface area contributed by atoms with E-state index in [2.05, 4.69) is 6.92 Å². The SMILES string of the molecule is CC1CCCN1CC(O)C(=O)O. The Morgan fingerprint density at radius 1 is 1.75 bits per heavy atom. The Kier molecular flexibility index (Phi) is 3.05. The van der Waals surface area contributed by atoms with Crippen LogP contribution in [0.15, 0.2) is 0 Å². The molecule has 0 radical (unpaired) electrons. The quantitative estimate of drug-likeness (QED) is 0.626. The molecular weight excluding hydrogens is 158 g/mol. The summed E-state index contributed by atoms with van der Waals surface area (Å²) >= 11 is 0. The molecule has 4 nitrogen and oxygen atoms in total. The molecule has 0 bridgehead atoms. The summed E-state index contributed by atoms with van der Waals surface area (Å²) in [7, 11) is 0. The predicted molar refractivity (Wildman–Crippen MR) is 43.9 cm³/mol. The van der Waals surface area contributed by atoms with Gasteiger partial charge in [-0.25, -0.2) is 4.79 Å². The van der Waals surface area contributed by atoms with Crippen molar-refractivity contribution in [2.45, 2.75) is 31.9 Å². The zero-order valence-electron chi connectivity index (χ0n) is 7.23. The summed E-state index contributed by atoms with van der Waals surface area (Å²) < 4.78 is 0. The maximum absolute atomic E-state index is 10.3. The van der Waals surface area contributed by atoms with Crippen LogP contribution in [0.25, 0.3) is 0 Å². The standard InChI is InChI=1S/C8H15NO3/c1-6-3-2-4-9(6)5-7(10)8(11)12/h6-7,10H,2-5H2,1H3,(H,11,12). The van der Waals surface area contributed by atoms with E-state index < -0.39 is 12.1 Å². The minimum absolute atomic E-state index is 0.260. The topological polar surface area (TPSA) is 60.8 Å². The second-order valence-corrected chi connectivity index (χ2v) is 3.34. The number of likely N-dealkylation sites (tertiary alicyclic amines) is 1. The van der Waals surface area contributed by atoms with Crippen LogP contribution in [-0.4, -0.2) is 46.3 Å². The van der Waals surface area contributed by atoms with Crippen molar-refractivity contribution in [3.63, 3.8) is 0 Å². The first kappa shape index (κ1) is 9.48. The van der Waals surface area contributed by atoms with Gasteiger partial charge in [-0.2, -0.15) is 0 Å². The molecule has 0 amide bonds. The molecule has 0 spiro atoms. The Labute approximate surface area is 71.8 Å². The molecule has 0 aliphatic carbocycles. The third-order valence-electron chi connectivity index (χ3n) is 2.38. The monoisotopic (exact) mass is 173 g/mol. The van der Waals surface area contributed by atoms with Crippen LogP contribution in [0.5, 0.6) is 0 Å². The largest absolute Gasteiger partial charge is 0.479 e. The average molecular weight is 173 g/mol. The molecular formula is C8H15NO3. The number of nitrogens with zero attached hydrogens (tertiary/aromatic N) is 1. The summed E-state index contributed by atoms with van der Waals surface area (Å²) in [5.74, 6) is -1.13. The van der Waals surface area contributed by atoms with Crippen molar-refractivity contribution in [1.82, 2.24) is 4.90 Å². The van der Waals surface area contributed by atoms with E-state index in [4.69, 9.17) is 10.2 Å². The lowest BCUT2D eigenvalue weighted by Crippen LogP contribution is -2.38. The van der Waals surface area contributed by atoms with Crippen LogP contribution >= 0.6 is 0 Å². The summed E-state index contributed by atoms with van der Waals surface area (Å²) in [5, 5.41) is 17.5. The fourth-order valence-electron chi connectivity index (χ4n) is 1.56. The molecule has 1 rings (SSSR count). The van der Waals surface area contributed by atoms with Crippen LogP contribution in [0, 0.1) is 0 Å². The van der Waals surface area contributed by atoms with Gasteiger partial charge in [0.05, 0.1) is 0 Å². The van der Waals surface area contributed by atoms with E-state index in [1.807, 2.05) is 4.90 Å². The number of hydrogen-bond acceptors (Lipinski definition) is 3. The van der Waals surface area contributed by atoms with Crippen LogP contribution in [0.2, 0.25) is 0 Å². The van der Waals surface area contributed by atoms with Crippen LogP contribution in [0.3, 0.4) is 0 Å². The van der Waals surface area contributed by atoms with Crippen molar-refractivity contribution < 1.29 is 15.0 Å². The van der Waals surface area contributed by atoms with Crippen molar-refractivity contribution in [2.24, 2.45) is 0 Å². The molecule has 1 saturated heterocycles. The van der Waals surface area contributed by atoms with Crippen molar-refractivity contribution in [3.8, 4) is 0 Å². The average Bonchev–Trinajstić information content (AvgIpc) is 2.36. The zero-order chi connectivity index (χ0) is 9.14. The third-order valence-corrected chi connectivity index (χ3v) is 2.38. The molecule has 12 heavy (non-hydrogen) atoms. The van der Waals surface area contributed by atoms with Crippen molar-refractivity contribution in [1.29, 1.82) is 0 Å². The first-order chi connectivity index (χ1) is 5.61. The minimum Gasteiger partial charge on any atom is -0.479 e. The van der Waals surface area contributed by atoms with Gasteiger partial charge in [0, 0.05) is 12.6 Å². The second-order valence-electron chi connectivity index (χ2n) is 3.34. The highest BCUT2D eigenvalue weighted by Gasteiger charge is 2.25. The minimum atomic E-state index is -1.23. The summed E-state index contributed by atoms with van der Waals surface area (Å²) in [6, 6.07) is 0.416. The van der Waals surface area contributed by atoms with Gasteiger partial charge in [-0.3, -0.25) is 4.90 Å². The number of aliphatic carboxylic acids is 1. The van der Waals surface area contributed by atoms with Crippen LogP contribution in [0.1, 0.15) is 19.8 Å². The normalized spacial score (nSPS) is 27.3. The second kappa shape index (κ2) is 3.87. The molecule has 1 aliphatic rings. The van der Waals surface area contributed by atoms with Gasteiger partial charge in [-0.1, -0.05) is 0 Å². The number of aliphatic hydroxyl groups excluding tert-OH is 1. The molecule has 2 atom stereocenters. The van der Waals surface area contributed by atoms with Gasteiger partial charge in [0.2, 0.25) is 0 Å². The van der Waals surface area contributed by atoms with Gasteiger partial charge < -0.3 is 10.2 Å². The molecule has 0 aromatic carbocycles. The molecule has 0 aromatic heterocycles. The highest BCUT2D eigenvalue weighted by Crippen LogP contribution is 2.16. The molecule has 2 unspecified atom stereocenters. The molecule has 2 N–H and O–H groups in total. The predicted octanol–water partition coefficient (Wildman–Crippen LogP) is -0.0838. The van der Waals surface area contributed by atoms with Gasteiger partial charge in [-0.05, 0) is 26.3 Å². The number of rotatable bonds is 3. The van der Waals surface area contributed by atoms with E-state index in [0.29, 0.717) is 6.04 Å². The van der Waals surface area contributed by atoms with E-state index >= 15 is 0 Å². The number of β-amino-alcohol motifs (C(OH)–C–C–N with tert-alkyl or cyclic N) is 1. The highest BCUT2D eigenvalue weighted by atomic mass is 16.4. The van der Waals surface area contributed by atoms with E-state index in [0.717, 1.165) is 19.4 Å². The smallest absolute Gasteiger partial charge is 0.333 e. The Hall–Kier alpha value is -0.610. The third kappa shape index (κ3) is 2.19. The molecule has 0 saturated carbocycles. The summed E-state index contributed by atoms with van der Waals surface area (Å²) in [6.45, 7) is 3.23. The van der Waals surface area contributed by atoms with Crippen molar-refractivity contribution in [2.75, 3.05) is 13.1 Å². The molecule has 1 heterocycles. The number of carboxylic acids is 1. The lowest BCUT2D eigenvalue weighted by Gasteiger charge is -2.21. The zero-order valence-corrected chi connectivity index (χ0v) is 7.23. The maximum atomic E-state index is 10.3. The van der Waals surface area contributed by atoms with Crippen LogP contribution in [-0.2, 0) is 4.79 Å². The molecule has 1 aliphatic heterocycles. The highest BCUT2D eigenvalue weighted by molar-refractivity contribution is 5.72. The Morgan fingerprint density at radius 2 is 2.42 bits per heavy atom. The lowest BCUT2D eigenvalue weighted by atomic mass is 10.2. The van der Waals surface area contributed by atoms with Gasteiger partial charge >= 0.3 is 5.97 Å². The van der Waals surface area contributed by atoms with Gasteiger partial charge in [0.25, 0.3) is 0 Å². The number of carboxylic acid groups (broad SMARTS) is 1. The van der Waals surface area contributed by atoms with Crippen molar-refractivity contribution in [3.05, 3.63) is 0 Å². The van der Waals surface area contributed by atoms with Gasteiger partial charge in [0.1, 0.15) is 0 Å². The lowest BCUT2D eigenvalue weighted by molar-refractivity contribution is -0.147. The molecule has 4 heteroatoms. The molecule has 70 valence electrons. The first-order valence-corrected chi connectivity index (χ1v) is 4.26. The molecule has 1 fully saturated rings. The van der Waals surface area contributed by atoms with Crippen LogP contribution in [0.4, 0.5) is 0 Å². The summed E-state index contributed by atoms with van der Waals surface area (Å²) in [6.07, 6.45) is 0.977. The number of hydrogen-bond donors (Lipinski definition) is 2. The van der Waals surface area contributed by atoms with E-state index in [1.54, 1.807) is 0 Å². The first-order valence-electron chi connectivity index (χ1n) is 4.26. The van der Waals surface area contributed by atoms with E-state index in [1.165, 1.54) is 0 Å². The van der Waals surface area contributed by atoms with E-state index in [-0.39, 0.29) is 6.54 Å². The van der Waals surface area contributed by atoms with E-state index in [9.17, 15) is 4.79 Å². The summed E-state index contributed by atoms with van der Waals surface area (Å²) in [5.41, 5.74) is 0.